The predicted molar refractivity (Wildman–Crippen MR) is 110 cm³/mol. The van der Waals surface area contributed by atoms with Crippen LogP contribution in [-0.4, -0.2) is 55.2 Å². The van der Waals surface area contributed by atoms with Gasteiger partial charge in [0.1, 0.15) is 0 Å². The Bertz CT molecular complexity index is 937. The summed E-state index contributed by atoms with van der Waals surface area (Å²) in [6, 6.07) is 9.46. The summed E-state index contributed by atoms with van der Waals surface area (Å²) < 4.78 is 0. The van der Waals surface area contributed by atoms with E-state index in [2.05, 4.69) is 9.97 Å². The second-order valence-corrected chi connectivity index (χ2v) is 8.00. The lowest BCUT2D eigenvalue weighted by molar-refractivity contribution is -0.114. The van der Waals surface area contributed by atoms with Crippen molar-refractivity contribution in [2.45, 2.75) is 25.5 Å². The summed E-state index contributed by atoms with van der Waals surface area (Å²) in [5, 5.41) is 0. The Kier molecular flexibility index (Phi) is 5.39. The normalized spacial score (nSPS) is 19.4. The van der Waals surface area contributed by atoms with Crippen LogP contribution in [0.3, 0.4) is 0 Å². The van der Waals surface area contributed by atoms with Gasteiger partial charge >= 0.3 is 6.03 Å². The topological polar surface area (TPSA) is 95.7 Å². The molecule has 3 amide bonds. The summed E-state index contributed by atoms with van der Waals surface area (Å²) >= 11 is 1.34. The van der Waals surface area contributed by atoms with Gasteiger partial charge in [-0.15, -0.1) is 0 Å². The lowest BCUT2D eigenvalue weighted by Crippen LogP contribution is -2.45. The van der Waals surface area contributed by atoms with E-state index in [1.807, 2.05) is 42.2 Å². The van der Waals surface area contributed by atoms with Crippen LogP contribution < -0.4 is 5.73 Å². The summed E-state index contributed by atoms with van der Waals surface area (Å²) in [7, 11) is 0. The zero-order valence-corrected chi connectivity index (χ0v) is 16.9. The van der Waals surface area contributed by atoms with Crippen molar-refractivity contribution < 1.29 is 9.59 Å². The van der Waals surface area contributed by atoms with Gasteiger partial charge in [0.2, 0.25) is 0 Å². The van der Waals surface area contributed by atoms with E-state index in [4.69, 9.17) is 5.73 Å². The summed E-state index contributed by atoms with van der Waals surface area (Å²) in [5.41, 5.74) is 7.90. The van der Waals surface area contributed by atoms with Gasteiger partial charge in [0.25, 0.3) is 5.91 Å². The fourth-order valence-electron chi connectivity index (χ4n) is 3.54. The first-order chi connectivity index (χ1) is 14.0. The van der Waals surface area contributed by atoms with Crippen LogP contribution in [0.25, 0.3) is 0 Å². The van der Waals surface area contributed by atoms with Gasteiger partial charge in [-0.1, -0.05) is 23.9 Å². The molecule has 0 aromatic carbocycles. The molecule has 4 rings (SSSR count). The van der Waals surface area contributed by atoms with Crippen molar-refractivity contribution in [2.24, 2.45) is 5.73 Å². The lowest BCUT2D eigenvalue weighted by Gasteiger charge is -2.33. The number of urea groups is 1. The summed E-state index contributed by atoms with van der Waals surface area (Å²) in [5.74, 6) is -0.469. The fraction of sp³-hybridized carbons (Fsp3) is 0.300. The Morgan fingerprint density at radius 1 is 1.21 bits per heavy atom. The maximum Gasteiger partial charge on any atom is 0.322 e. The van der Waals surface area contributed by atoms with E-state index in [1.54, 1.807) is 28.4 Å². The summed E-state index contributed by atoms with van der Waals surface area (Å²) in [4.78, 5) is 39.6. The third kappa shape index (κ3) is 3.91. The van der Waals surface area contributed by atoms with Crippen LogP contribution in [-0.2, 0) is 17.9 Å². The van der Waals surface area contributed by atoms with E-state index in [0.29, 0.717) is 31.1 Å². The Morgan fingerprint density at radius 2 is 2.07 bits per heavy atom. The summed E-state index contributed by atoms with van der Waals surface area (Å²) in [6.45, 7) is 4.06. The molecule has 2 N–H and O–H groups in total. The van der Waals surface area contributed by atoms with Crippen molar-refractivity contribution in [3.63, 3.8) is 0 Å². The maximum absolute atomic E-state index is 13.1. The highest BCUT2D eigenvalue weighted by atomic mass is 32.2. The second-order valence-electron chi connectivity index (χ2n) is 6.93. The predicted octanol–water partition coefficient (Wildman–Crippen LogP) is 1.96. The number of aromatic nitrogens is 2. The minimum absolute atomic E-state index is 0.0668. The largest absolute Gasteiger partial charge is 0.365 e. The molecule has 0 aliphatic carbocycles. The Morgan fingerprint density at radius 3 is 2.76 bits per heavy atom. The fourth-order valence-corrected chi connectivity index (χ4v) is 4.84. The van der Waals surface area contributed by atoms with Crippen molar-refractivity contribution >= 4 is 23.7 Å². The highest BCUT2D eigenvalue weighted by Crippen LogP contribution is 2.41. The third-order valence-electron chi connectivity index (χ3n) is 5.02. The van der Waals surface area contributed by atoms with Crippen LogP contribution in [0.15, 0.2) is 59.5 Å². The number of primary amides is 1. The Labute approximate surface area is 173 Å². The molecule has 0 bridgehead atoms. The average Bonchev–Trinajstić information content (AvgIpc) is 3.24. The van der Waals surface area contributed by atoms with Crippen molar-refractivity contribution in [2.75, 3.05) is 13.1 Å². The molecule has 2 aromatic rings. The quantitative estimate of drug-likeness (QED) is 0.782. The molecule has 8 nitrogen and oxygen atoms in total. The van der Waals surface area contributed by atoms with Gasteiger partial charge in [-0.25, -0.2) is 4.79 Å². The van der Waals surface area contributed by atoms with E-state index in [-0.39, 0.29) is 11.5 Å². The van der Waals surface area contributed by atoms with Gasteiger partial charge in [0.05, 0.1) is 17.1 Å². The van der Waals surface area contributed by atoms with Crippen LogP contribution in [0.2, 0.25) is 0 Å². The molecule has 2 aliphatic rings. The molecule has 1 fully saturated rings. The average molecular weight is 411 g/mol. The van der Waals surface area contributed by atoms with Crippen LogP contribution in [0.5, 0.6) is 0 Å². The van der Waals surface area contributed by atoms with Gasteiger partial charge in [0.15, 0.2) is 5.50 Å². The summed E-state index contributed by atoms with van der Waals surface area (Å²) in [6.07, 6.45) is 5.23. The zero-order chi connectivity index (χ0) is 20.4. The molecular weight excluding hydrogens is 388 g/mol. The number of thioether (sulfide) groups is 1. The first-order valence-electron chi connectivity index (χ1n) is 9.33. The molecule has 2 aliphatic heterocycles. The number of rotatable bonds is 6. The minimum Gasteiger partial charge on any atom is -0.365 e. The van der Waals surface area contributed by atoms with Crippen LogP contribution in [0, 0.1) is 0 Å². The number of hydrogen-bond donors (Lipinski definition) is 1. The van der Waals surface area contributed by atoms with E-state index in [0.717, 1.165) is 17.0 Å². The van der Waals surface area contributed by atoms with E-state index >= 15 is 0 Å². The molecule has 0 spiro atoms. The maximum atomic E-state index is 13.1. The van der Waals surface area contributed by atoms with Crippen molar-refractivity contribution in [1.29, 1.82) is 0 Å². The Hall–Kier alpha value is -3.07. The van der Waals surface area contributed by atoms with Crippen LogP contribution in [0.4, 0.5) is 4.79 Å². The molecule has 4 heterocycles. The standard InChI is InChI=1S/C20H22N6O2S/c1-14-17(18(21)27)29-20(26(14)12-15-5-4-7-22-11-15)25-10-9-24(19(25)28)13-16-6-2-3-8-23-16/h2-8,11,20H,9-10,12-13H2,1H3,(H2,21,27). The molecule has 1 atom stereocenters. The van der Waals surface area contributed by atoms with Gasteiger partial charge in [-0.3, -0.25) is 19.7 Å². The molecule has 29 heavy (non-hydrogen) atoms. The van der Waals surface area contributed by atoms with Crippen LogP contribution in [0.1, 0.15) is 18.2 Å². The van der Waals surface area contributed by atoms with E-state index in [9.17, 15) is 9.59 Å². The molecule has 0 saturated carbocycles. The molecule has 1 saturated heterocycles. The second kappa shape index (κ2) is 8.12. The Balaban J connectivity index is 1.54. The van der Waals surface area contributed by atoms with Gasteiger partial charge in [-0.2, -0.15) is 0 Å². The number of nitrogens with two attached hydrogens (primary N) is 1. The number of allylic oxidation sites excluding steroid dienone is 1. The lowest BCUT2D eigenvalue weighted by atomic mass is 10.2. The minimum atomic E-state index is -0.469. The molecular formula is C20H22N6O2S. The molecule has 1 unspecified atom stereocenters. The number of carbonyl (C=O) groups excluding carboxylic acids is 2. The number of hydrogen-bond acceptors (Lipinski definition) is 6. The van der Waals surface area contributed by atoms with Crippen molar-refractivity contribution in [3.8, 4) is 0 Å². The van der Waals surface area contributed by atoms with Gasteiger partial charge in [-0.05, 0) is 30.7 Å². The number of pyridine rings is 2. The smallest absolute Gasteiger partial charge is 0.322 e. The molecule has 0 radical (unpaired) electrons. The molecule has 150 valence electrons. The van der Waals surface area contributed by atoms with E-state index in [1.165, 1.54) is 11.8 Å². The number of nitrogens with zero attached hydrogens (tertiary/aromatic N) is 5. The third-order valence-corrected chi connectivity index (χ3v) is 6.47. The van der Waals surface area contributed by atoms with Crippen LogP contribution >= 0.6 is 11.8 Å². The number of amides is 3. The molecule has 9 heteroatoms. The molecule has 2 aromatic heterocycles. The number of carbonyl (C=O) groups is 2. The highest BCUT2D eigenvalue weighted by Gasteiger charge is 2.42. The monoisotopic (exact) mass is 410 g/mol. The first-order valence-corrected chi connectivity index (χ1v) is 10.2. The first kappa shape index (κ1) is 19.3. The van der Waals surface area contributed by atoms with Gasteiger partial charge < -0.3 is 15.5 Å². The van der Waals surface area contributed by atoms with Crippen molar-refractivity contribution in [3.05, 3.63) is 70.8 Å². The van der Waals surface area contributed by atoms with Gasteiger partial charge in [0, 0.05) is 43.9 Å². The zero-order valence-electron chi connectivity index (χ0n) is 16.1. The SMILES string of the molecule is CC1=C(C(N)=O)SC(N2CCN(Cc3ccccn3)C2=O)N1Cc1cccnc1. The highest BCUT2D eigenvalue weighted by molar-refractivity contribution is 8.04. The van der Waals surface area contributed by atoms with E-state index < -0.39 is 5.91 Å². The van der Waals surface area contributed by atoms with Crippen molar-refractivity contribution in [1.82, 2.24) is 24.7 Å².